The van der Waals surface area contributed by atoms with Crippen molar-refractivity contribution < 1.29 is 13.2 Å². The first kappa shape index (κ1) is 19.3. The molecule has 0 aromatic heterocycles. The summed E-state index contributed by atoms with van der Waals surface area (Å²) < 4.78 is 25.8. The molecule has 0 spiro atoms. The van der Waals surface area contributed by atoms with Crippen LogP contribution in [0.5, 0.6) is 0 Å². The normalized spacial score (nSPS) is 12.5. The zero-order valence-corrected chi connectivity index (χ0v) is 15.9. The van der Waals surface area contributed by atoms with E-state index >= 15 is 0 Å². The second-order valence-electron chi connectivity index (χ2n) is 5.82. The van der Waals surface area contributed by atoms with Gasteiger partial charge in [-0.25, -0.2) is 8.42 Å². The van der Waals surface area contributed by atoms with Gasteiger partial charge in [-0.05, 0) is 55.3 Å². The van der Waals surface area contributed by atoms with Crippen LogP contribution in [0, 0.1) is 6.92 Å². The SMILES string of the molecule is CCC(C(=O)Nc1cccc(C)c1)N(c1ccc(Cl)cc1)S(C)(=O)=O. The highest BCUT2D eigenvalue weighted by molar-refractivity contribution is 7.92. The number of sulfonamides is 1. The van der Waals surface area contributed by atoms with Crippen molar-refractivity contribution >= 4 is 38.9 Å². The molecule has 0 saturated carbocycles. The first-order chi connectivity index (χ1) is 11.7. The lowest BCUT2D eigenvalue weighted by molar-refractivity contribution is -0.117. The van der Waals surface area contributed by atoms with Crippen molar-refractivity contribution in [3.05, 3.63) is 59.1 Å². The average molecular weight is 381 g/mol. The van der Waals surface area contributed by atoms with Crippen LogP contribution in [0.25, 0.3) is 0 Å². The Kier molecular flexibility index (Phi) is 6.08. The zero-order chi connectivity index (χ0) is 18.6. The standard InChI is InChI=1S/C18H21ClN2O3S/c1-4-17(18(22)20-15-7-5-6-13(2)12-15)21(25(3,23)24)16-10-8-14(19)9-11-16/h5-12,17H,4H2,1-3H3,(H,20,22). The first-order valence-corrected chi connectivity index (χ1v) is 10.1. The molecular formula is C18H21ClN2O3S. The molecule has 0 aliphatic rings. The van der Waals surface area contributed by atoms with Gasteiger partial charge in [-0.1, -0.05) is 30.7 Å². The number of anilines is 2. The predicted octanol–water partition coefficient (Wildman–Crippen LogP) is 3.83. The highest BCUT2D eigenvalue weighted by Gasteiger charge is 2.31. The second kappa shape index (κ2) is 7.89. The highest BCUT2D eigenvalue weighted by Crippen LogP contribution is 2.25. The molecule has 0 bridgehead atoms. The van der Waals surface area contributed by atoms with Gasteiger partial charge in [0.1, 0.15) is 6.04 Å². The molecular weight excluding hydrogens is 360 g/mol. The van der Waals surface area contributed by atoms with Gasteiger partial charge in [-0.2, -0.15) is 0 Å². The summed E-state index contributed by atoms with van der Waals surface area (Å²) in [6, 6.07) is 12.9. The van der Waals surface area contributed by atoms with Crippen molar-refractivity contribution in [2.75, 3.05) is 15.9 Å². The number of halogens is 1. The Hall–Kier alpha value is -2.05. The lowest BCUT2D eigenvalue weighted by Crippen LogP contribution is -2.47. The van der Waals surface area contributed by atoms with Crippen LogP contribution in [-0.2, 0) is 14.8 Å². The van der Waals surface area contributed by atoms with E-state index in [1.54, 1.807) is 37.3 Å². The number of benzene rings is 2. The Morgan fingerprint density at radius 1 is 1.20 bits per heavy atom. The minimum Gasteiger partial charge on any atom is -0.324 e. The molecule has 2 aromatic rings. The third-order valence-corrected chi connectivity index (χ3v) is 5.13. The minimum atomic E-state index is -3.66. The lowest BCUT2D eigenvalue weighted by Gasteiger charge is -2.30. The molecule has 0 aliphatic heterocycles. The van der Waals surface area contributed by atoms with Crippen molar-refractivity contribution in [3.8, 4) is 0 Å². The van der Waals surface area contributed by atoms with Crippen molar-refractivity contribution in [2.45, 2.75) is 26.3 Å². The predicted molar refractivity (Wildman–Crippen MR) is 103 cm³/mol. The Bertz CT molecular complexity index is 851. The van der Waals surface area contributed by atoms with E-state index < -0.39 is 16.1 Å². The number of carbonyl (C=O) groups is 1. The fourth-order valence-corrected chi connectivity index (χ4v) is 3.93. The Morgan fingerprint density at radius 2 is 1.84 bits per heavy atom. The van der Waals surface area contributed by atoms with Gasteiger partial charge in [0.15, 0.2) is 0 Å². The summed E-state index contributed by atoms with van der Waals surface area (Å²) in [4.78, 5) is 12.7. The first-order valence-electron chi connectivity index (χ1n) is 7.85. The van der Waals surface area contributed by atoms with Gasteiger partial charge >= 0.3 is 0 Å². The molecule has 2 rings (SSSR count). The van der Waals surface area contributed by atoms with Crippen LogP contribution in [0.2, 0.25) is 5.02 Å². The molecule has 0 aliphatic carbocycles. The van der Waals surface area contributed by atoms with E-state index in [0.717, 1.165) is 16.1 Å². The molecule has 5 nitrogen and oxygen atoms in total. The van der Waals surface area contributed by atoms with Crippen LogP contribution < -0.4 is 9.62 Å². The molecule has 0 fully saturated rings. The van der Waals surface area contributed by atoms with Crippen LogP contribution in [0.15, 0.2) is 48.5 Å². The van der Waals surface area contributed by atoms with Gasteiger partial charge in [0.25, 0.3) is 0 Å². The fourth-order valence-electron chi connectivity index (χ4n) is 2.60. The molecule has 7 heteroatoms. The van der Waals surface area contributed by atoms with Crippen LogP contribution in [0.3, 0.4) is 0 Å². The summed E-state index contributed by atoms with van der Waals surface area (Å²) in [6.45, 7) is 3.69. The van der Waals surface area contributed by atoms with Gasteiger partial charge in [-0.15, -0.1) is 0 Å². The molecule has 1 atom stereocenters. The Labute approximate surface area is 153 Å². The third-order valence-electron chi connectivity index (χ3n) is 3.70. The van der Waals surface area contributed by atoms with Crippen LogP contribution in [-0.4, -0.2) is 26.6 Å². The van der Waals surface area contributed by atoms with Gasteiger partial charge in [0, 0.05) is 10.7 Å². The van der Waals surface area contributed by atoms with Crippen molar-refractivity contribution in [2.24, 2.45) is 0 Å². The minimum absolute atomic E-state index is 0.327. The molecule has 0 radical (unpaired) electrons. The number of nitrogens with zero attached hydrogens (tertiary/aromatic N) is 1. The molecule has 2 aromatic carbocycles. The van der Waals surface area contributed by atoms with Crippen molar-refractivity contribution in [1.29, 1.82) is 0 Å². The number of aryl methyl sites for hydroxylation is 1. The highest BCUT2D eigenvalue weighted by atomic mass is 35.5. The van der Waals surface area contributed by atoms with Crippen LogP contribution in [0.4, 0.5) is 11.4 Å². The topological polar surface area (TPSA) is 66.5 Å². The Morgan fingerprint density at radius 3 is 2.36 bits per heavy atom. The maximum Gasteiger partial charge on any atom is 0.248 e. The summed E-state index contributed by atoms with van der Waals surface area (Å²) in [5, 5.41) is 3.29. The van der Waals surface area contributed by atoms with Gasteiger partial charge in [0.2, 0.25) is 15.9 Å². The maximum absolute atomic E-state index is 12.7. The maximum atomic E-state index is 12.7. The van der Waals surface area contributed by atoms with Gasteiger partial charge in [-0.3, -0.25) is 9.10 Å². The Balaban J connectivity index is 2.36. The average Bonchev–Trinajstić information content (AvgIpc) is 2.52. The molecule has 1 N–H and O–H groups in total. The van der Waals surface area contributed by atoms with Crippen LogP contribution in [0.1, 0.15) is 18.9 Å². The summed E-state index contributed by atoms with van der Waals surface area (Å²) in [7, 11) is -3.66. The number of carbonyl (C=O) groups excluding carboxylic acids is 1. The molecule has 1 unspecified atom stereocenters. The smallest absolute Gasteiger partial charge is 0.248 e. The number of rotatable bonds is 6. The van der Waals surface area contributed by atoms with E-state index in [1.807, 2.05) is 25.1 Å². The van der Waals surface area contributed by atoms with Gasteiger partial charge in [0.05, 0.1) is 11.9 Å². The number of hydrogen-bond donors (Lipinski definition) is 1. The number of amides is 1. The van der Waals surface area contributed by atoms with Crippen molar-refractivity contribution in [3.63, 3.8) is 0 Å². The van der Waals surface area contributed by atoms with E-state index in [4.69, 9.17) is 11.6 Å². The van der Waals surface area contributed by atoms with Crippen molar-refractivity contribution in [1.82, 2.24) is 0 Å². The molecule has 1 amide bonds. The van der Waals surface area contributed by atoms with E-state index in [0.29, 0.717) is 22.8 Å². The summed E-state index contributed by atoms with van der Waals surface area (Å²) >= 11 is 5.88. The second-order valence-corrected chi connectivity index (χ2v) is 8.11. The monoisotopic (exact) mass is 380 g/mol. The van der Waals surface area contributed by atoms with E-state index in [2.05, 4.69) is 5.32 Å². The molecule has 134 valence electrons. The summed E-state index contributed by atoms with van der Waals surface area (Å²) in [6.07, 6.45) is 1.41. The summed E-state index contributed by atoms with van der Waals surface area (Å²) in [5.74, 6) is -0.381. The fraction of sp³-hybridized carbons (Fsp3) is 0.278. The zero-order valence-electron chi connectivity index (χ0n) is 14.4. The van der Waals surface area contributed by atoms with E-state index in [1.165, 1.54) is 0 Å². The molecule has 0 saturated heterocycles. The third kappa shape index (κ3) is 4.96. The summed E-state index contributed by atoms with van der Waals surface area (Å²) in [5.41, 5.74) is 2.04. The number of hydrogen-bond acceptors (Lipinski definition) is 3. The van der Waals surface area contributed by atoms with E-state index in [-0.39, 0.29) is 5.91 Å². The lowest BCUT2D eigenvalue weighted by atomic mass is 10.1. The van der Waals surface area contributed by atoms with Gasteiger partial charge < -0.3 is 5.32 Å². The van der Waals surface area contributed by atoms with E-state index in [9.17, 15) is 13.2 Å². The quantitative estimate of drug-likeness (QED) is 0.828. The molecule has 25 heavy (non-hydrogen) atoms. The number of nitrogens with one attached hydrogen (secondary N) is 1. The largest absolute Gasteiger partial charge is 0.324 e. The molecule has 0 heterocycles. The van der Waals surface area contributed by atoms with Crippen LogP contribution >= 0.6 is 11.6 Å².